The highest BCUT2D eigenvalue weighted by molar-refractivity contribution is 6.42. The summed E-state index contributed by atoms with van der Waals surface area (Å²) in [4.78, 5) is 12.3. The first-order valence-corrected chi connectivity index (χ1v) is 8.75. The van der Waals surface area contributed by atoms with Crippen LogP contribution in [0.2, 0.25) is 10.0 Å². The molecule has 29 heavy (non-hydrogen) atoms. The van der Waals surface area contributed by atoms with Crippen molar-refractivity contribution in [1.29, 1.82) is 0 Å². The van der Waals surface area contributed by atoms with Gasteiger partial charge in [-0.3, -0.25) is 4.79 Å². The van der Waals surface area contributed by atoms with Gasteiger partial charge in [0, 0.05) is 12.3 Å². The molecule has 0 fully saturated rings. The van der Waals surface area contributed by atoms with Crippen LogP contribution >= 0.6 is 23.2 Å². The molecular weight excluding hydrogens is 434 g/mol. The molecule has 6 nitrogen and oxygen atoms in total. The third-order valence-electron chi connectivity index (χ3n) is 3.55. The fourth-order valence-corrected chi connectivity index (χ4v) is 2.61. The van der Waals surface area contributed by atoms with Crippen molar-refractivity contribution in [1.82, 2.24) is 9.78 Å². The Morgan fingerprint density at radius 1 is 1.17 bits per heavy atom. The number of ether oxygens (including phenoxy) is 2. The van der Waals surface area contributed by atoms with Crippen LogP contribution in [0.15, 0.2) is 48.7 Å². The van der Waals surface area contributed by atoms with Crippen molar-refractivity contribution in [2.45, 2.75) is 13.3 Å². The molecule has 0 radical (unpaired) electrons. The number of halogens is 5. The number of nitrogens with zero attached hydrogens (tertiary/aromatic N) is 2. The van der Waals surface area contributed by atoms with E-state index in [1.54, 1.807) is 18.2 Å². The minimum atomic E-state index is -3.18. The Bertz CT molecular complexity index is 1030. The fraction of sp³-hybridized carbons (Fsp3) is 0.111. The lowest BCUT2D eigenvalue weighted by Gasteiger charge is -2.11. The topological polar surface area (TPSA) is 65.4 Å². The summed E-state index contributed by atoms with van der Waals surface area (Å²) >= 11 is 11.9. The third kappa shape index (κ3) is 5.33. The number of hydrogen-bond acceptors (Lipinski definition) is 4. The first kappa shape index (κ1) is 20.8. The highest BCUT2D eigenvalue weighted by Crippen LogP contribution is 2.31. The number of carbonyl (C=O) groups excluding carboxylic acids is 1. The Kier molecular flexibility index (Phi) is 6.50. The molecule has 0 unspecified atom stereocenters. The molecule has 1 aromatic heterocycles. The lowest BCUT2D eigenvalue weighted by atomic mass is 10.2. The average Bonchev–Trinajstić information content (AvgIpc) is 3.14. The van der Waals surface area contributed by atoms with Crippen molar-refractivity contribution in [2.75, 3.05) is 5.32 Å². The zero-order chi connectivity index (χ0) is 21.0. The molecule has 0 atom stereocenters. The van der Waals surface area contributed by atoms with Gasteiger partial charge in [-0.15, -0.1) is 0 Å². The van der Waals surface area contributed by atoms with E-state index in [9.17, 15) is 18.0 Å². The van der Waals surface area contributed by atoms with E-state index in [2.05, 4.69) is 15.2 Å². The molecule has 3 aromatic rings. The van der Waals surface area contributed by atoms with Crippen molar-refractivity contribution < 1.29 is 27.4 Å². The number of alkyl halides is 2. The van der Waals surface area contributed by atoms with Crippen LogP contribution in [0.25, 0.3) is 0 Å². The molecule has 1 amide bonds. The zero-order valence-corrected chi connectivity index (χ0v) is 15.9. The minimum absolute atomic E-state index is 0.0295. The summed E-state index contributed by atoms with van der Waals surface area (Å²) in [5.74, 6) is -1.68. The number of carbonyl (C=O) groups is 1. The SMILES string of the molecule is O=C(Nc1ccc(F)cc1OC(F)F)c1ccn(COc2cccc(Cl)c2Cl)n1. The first-order chi connectivity index (χ1) is 13.8. The van der Waals surface area contributed by atoms with Gasteiger partial charge in [-0.25, -0.2) is 9.07 Å². The molecular formula is C18H12Cl2F3N3O3. The van der Waals surface area contributed by atoms with E-state index >= 15 is 0 Å². The summed E-state index contributed by atoms with van der Waals surface area (Å²) in [6.45, 7) is -3.24. The van der Waals surface area contributed by atoms with Crippen LogP contribution in [0, 0.1) is 5.82 Å². The molecule has 0 aliphatic heterocycles. The lowest BCUT2D eigenvalue weighted by molar-refractivity contribution is -0.0495. The largest absolute Gasteiger partial charge is 0.470 e. The Morgan fingerprint density at radius 3 is 2.72 bits per heavy atom. The van der Waals surface area contributed by atoms with Gasteiger partial charge in [0.05, 0.1) is 10.7 Å². The summed E-state index contributed by atoms with van der Waals surface area (Å²) in [5, 5.41) is 6.93. The molecule has 0 bridgehead atoms. The monoisotopic (exact) mass is 445 g/mol. The highest BCUT2D eigenvalue weighted by atomic mass is 35.5. The highest BCUT2D eigenvalue weighted by Gasteiger charge is 2.16. The van der Waals surface area contributed by atoms with Crippen molar-refractivity contribution in [3.63, 3.8) is 0 Å². The van der Waals surface area contributed by atoms with Gasteiger partial charge in [0.1, 0.15) is 16.6 Å². The van der Waals surface area contributed by atoms with Gasteiger partial charge in [-0.1, -0.05) is 29.3 Å². The lowest BCUT2D eigenvalue weighted by Crippen LogP contribution is -2.15. The minimum Gasteiger partial charge on any atom is -0.470 e. The molecule has 0 spiro atoms. The Hall–Kier alpha value is -2.91. The summed E-state index contributed by atoms with van der Waals surface area (Å²) in [6.07, 6.45) is 1.47. The Labute approximate surface area is 172 Å². The second-order valence-electron chi connectivity index (χ2n) is 5.54. The molecule has 3 rings (SSSR count). The first-order valence-electron chi connectivity index (χ1n) is 7.99. The van der Waals surface area contributed by atoms with Crippen molar-refractivity contribution >= 4 is 34.8 Å². The van der Waals surface area contributed by atoms with Crippen LogP contribution in [0.5, 0.6) is 11.5 Å². The fourth-order valence-electron chi connectivity index (χ4n) is 2.27. The summed E-state index contributed by atoms with van der Waals surface area (Å²) < 4.78 is 49.2. The van der Waals surface area contributed by atoms with Crippen molar-refractivity contribution in [3.05, 3.63) is 70.2 Å². The standard InChI is InChI=1S/C18H12Cl2F3N3O3/c19-11-2-1-3-14(16(11)20)28-9-26-7-6-13(25-26)17(27)24-12-5-4-10(21)8-15(12)29-18(22)23/h1-8,18H,9H2,(H,24,27). The molecule has 0 saturated heterocycles. The molecule has 1 heterocycles. The van der Waals surface area contributed by atoms with E-state index in [0.29, 0.717) is 10.8 Å². The van der Waals surface area contributed by atoms with E-state index in [4.69, 9.17) is 27.9 Å². The smallest absolute Gasteiger partial charge is 0.387 e. The summed E-state index contributed by atoms with van der Waals surface area (Å²) in [6, 6.07) is 9.10. The van der Waals surface area contributed by atoms with Gasteiger partial charge in [-0.05, 0) is 30.3 Å². The number of nitrogens with one attached hydrogen (secondary N) is 1. The van der Waals surface area contributed by atoms with Gasteiger partial charge in [0.25, 0.3) is 5.91 Å². The molecule has 11 heteroatoms. The van der Waals surface area contributed by atoms with Crippen LogP contribution in [0.3, 0.4) is 0 Å². The zero-order valence-electron chi connectivity index (χ0n) is 14.4. The molecule has 1 N–H and O–H groups in total. The Morgan fingerprint density at radius 2 is 1.97 bits per heavy atom. The molecule has 0 aliphatic carbocycles. The van der Waals surface area contributed by atoms with Crippen molar-refractivity contribution in [3.8, 4) is 11.5 Å². The van der Waals surface area contributed by atoms with E-state index in [0.717, 1.165) is 18.2 Å². The maximum absolute atomic E-state index is 13.3. The van der Waals surface area contributed by atoms with Gasteiger partial charge in [0.2, 0.25) is 0 Å². The summed E-state index contributed by atoms with van der Waals surface area (Å²) in [5.41, 5.74) is -0.161. The Balaban J connectivity index is 1.67. The number of aromatic nitrogens is 2. The van der Waals surface area contributed by atoms with Gasteiger partial charge in [-0.2, -0.15) is 13.9 Å². The molecule has 0 aliphatic rings. The van der Waals surface area contributed by atoms with Crippen LogP contribution in [-0.4, -0.2) is 22.3 Å². The van der Waals surface area contributed by atoms with E-state index in [1.807, 2.05) is 0 Å². The van der Waals surface area contributed by atoms with Gasteiger partial charge >= 0.3 is 6.61 Å². The number of benzene rings is 2. The average molecular weight is 446 g/mol. The quantitative estimate of drug-likeness (QED) is 0.541. The maximum Gasteiger partial charge on any atom is 0.387 e. The molecule has 2 aromatic carbocycles. The number of anilines is 1. The van der Waals surface area contributed by atoms with Crippen LogP contribution in [-0.2, 0) is 6.73 Å². The van der Waals surface area contributed by atoms with E-state index in [-0.39, 0.29) is 23.1 Å². The van der Waals surface area contributed by atoms with E-state index < -0.39 is 24.1 Å². The normalized spacial score (nSPS) is 10.8. The third-order valence-corrected chi connectivity index (χ3v) is 4.35. The molecule has 152 valence electrons. The maximum atomic E-state index is 13.3. The number of hydrogen-bond donors (Lipinski definition) is 1. The second kappa shape index (κ2) is 9.06. The molecule has 0 saturated carbocycles. The number of rotatable bonds is 7. The van der Waals surface area contributed by atoms with E-state index in [1.165, 1.54) is 16.9 Å². The summed E-state index contributed by atoms with van der Waals surface area (Å²) in [7, 11) is 0. The van der Waals surface area contributed by atoms with Gasteiger partial charge in [0.15, 0.2) is 18.2 Å². The van der Waals surface area contributed by atoms with Crippen LogP contribution in [0.1, 0.15) is 10.5 Å². The second-order valence-corrected chi connectivity index (χ2v) is 6.32. The van der Waals surface area contributed by atoms with Gasteiger partial charge < -0.3 is 14.8 Å². The van der Waals surface area contributed by atoms with Crippen molar-refractivity contribution in [2.24, 2.45) is 0 Å². The van der Waals surface area contributed by atoms with Crippen LogP contribution in [0.4, 0.5) is 18.9 Å². The number of amides is 1. The predicted octanol–water partition coefficient (Wildman–Crippen LogP) is 5.22. The van der Waals surface area contributed by atoms with Crippen LogP contribution < -0.4 is 14.8 Å². The predicted molar refractivity (Wildman–Crippen MR) is 100 cm³/mol.